The van der Waals surface area contributed by atoms with Crippen LogP contribution >= 0.6 is 0 Å². The van der Waals surface area contributed by atoms with Crippen molar-refractivity contribution in [1.82, 2.24) is 4.98 Å². The van der Waals surface area contributed by atoms with E-state index in [1.54, 1.807) is 42.7 Å². The summed E-state index contributed by atoms with van der Waals surface area (Å²) in [5.41, 5.74) is 2.48. The van der Waals surface area contributed by atoms with Gasteiger partial charge in [-0.3, -0.25) is 29.5 Å². The highest BCUT2D eigenvalue weighted by Gasteiger charge is 2.60. The van der Waals surface area contributed by atoms with Gasteiger partial charge in [0.1, 0.15) is 5.92 Å². The molecule has 5 rings (SSSR count). The Labute approximate surface area is 183 Å². The second-order valence-corrected chi connectivity index (χ2v) is 7.73. The van der Waals surface area contributed by atoms with Crippen LogP contribution in [-0.2, 0) is 14.4 Å². The molecule has 0 spiro atoms. The first-order valence-corrected chi connectivity index (χ1v) is 10.0. The smallest absolute Gasteiger partial charge is 0.271 e. The van der Waals surface area contributed by atoms with Crippen LogP contribution in [0.25, 0.3) is 0 Å². The van der Waals surface area contributed by atoms with Gasteiger partial charge in [0.25, 0.3) is 11.6 Å². The van der Waals surface area contributed by atoms with E-state index in [4.69, 9.17) is 4.84 Å². The summed E-state index contributed by atoms with van der Waals surface area (Å²) >= 11 is 0. The van der Waals surface area contributed by atoms with Crippen molar-refractivity contribution < 1.29 is 19.3 Å². The minimum Gasteiger partial charge on any atom is -0.273 e. The number of fused-ring (bicyclic) bond motifs is 1. The lowest BCUT2D eigenvalue weighted by Gasteiger charge is -2.28. The second-order valence-electron chi connectivity index (χ2n) is 7.73. The minimum absolute atomic E-state index is 0.115. The van der Waals surface area contributed by atoms with Gasteiger partial charge in [-0.2, -0.15) is 0 Å². The maximum atomic E-state index is 13.5. The fraction of sp³-hybridized carbons (Fsp3) is 0.174. The number of imide groups is 1. The molecule has 1 aromatic heterocycles. The molecule has 9 nitrogen and oxygen atoms in total. The number of aromatic nitrogens is 1. The van der Waals surface area contributed by atoms with Gasteiger partial charge in [-0.15, -0.1) is 0 Å². The third kappa shape index (κ3) is 3.10. The average Bonchev–Trinajstić information content (AvgIpc) is 3.31. The molecule has 2 aromatic carbocycles. The second kappa shape index (κ2) is 7.54. The number of anilines is 2. The van der Waals surface area contributed by atoms with Crippen LogP contribution in [0.15, 0.2) is 73.1 Å². The number of nitro benzene ring substituents is 1. The average molecular weight is 430 g/mol. The highest BCUT2D eigenvalue weighted by molar-refractivity contribution is 6.23. The summed E-state index contributed by atoms with van der Waals surface area (Å²) in [7, 11) is 0. The van der Waals surface area contributed by atoms with Gasteiger partial charge in [0, 0.05) is 24.5 Å². The van der Waals surface area contributed by atoms with E-state index in [1.807, 2.05) is 19.1 Å². The van der Waals surface area contributed by atoms with E-state index in [0.29, 0.717) is 16.9 Å². The number of non-ortho nitro benzene ring substituents is 1. The topological polar surface area (TPSA) is 106 Å². The van der Waals surface area contributed by atoms with Crippen molar-refractivity contribution in [3.63, 3.8) is 0 Å². The summed E-state index contributed by atoms with van der Waals surface area (Å²) in [6.45, 7) is 1.92. The number of hydrogen-bond donors (Lipinski definition) is 0. The van der Waals surface area contributed by atoms with Crippen LogP contribution in [0.5, 0.6) is 0 Å². The Balaban J connectivity index is 1.58. The molecule has 2 aliphatic heterocycles. The number of benzene rings is 2. The Morgan fingerprint density at radius 2 is 1.69 bits per heavy atom. The molecule has 3 aromatic rings. The number of hydrogen-bond acceptors (Lipinski definition) is 7. The molecular formula is C23H18N4O5. The first-order chi connectivity index (χ1) is 15.5. The summed E-state index contributed by atoms with van der Waals surface area (Å²) in [5, 5.41) is 12.7. The van der Waals surface area contributed by atoms with Gasteiger partial charge in [0.05, 0.1) is 22.3 Å². The van der Waals surface area contributed by atoms with Crippen molar-refractivity contribution in [3.8, 4) is 0 Å². The molecule has 0 unspecified atom stereocenters. The summed E-state index contributed by atoms with van der Waals surface area (Å²) in [6, 6.07) is 15.9. The number of amides is 2. The van der Waals surface area contributed by atoms with E-state index in [2.05, 4.69) is 4.98 Å². The lowest BCUT2D eigenvalue weighted by atomic mass is 9.91. The molecule has 2 fully saturated rings. The van der Waals surface area contributed by atoms with E-state index >= 15 is 0 Å². The lowest BCUT2D eigenvalue weighted by molar-refractivity contribution is -0.384. The quantitative estimate of drug-likeness (QED) is 0.355. The number of carbonyl (C=O) groups is 2. The first kappa shape index (κ1) is 19.8. The van der Waals surface area contributed by atoms with Crippen LogP contribution in [-0.4, -0.2) is 27.8 Å². The van der Waals surface area contributed by atoms with E-state index < -0.39 is 28.9 Å². The van der Waals surface area contributed by atoms with Crippen LogP contribution in [0.4, 0.5) is 17.1 Å². The molecule has 9 heteroatoms. The van der Waals surface area contributed by atoms with Crippen molar-refractivity contribution in [3.05, 3.63) is 94.3 Å². The number of rotatable bonds is 4. The van der Waals surface area contributed by atoms with Crippen molar-refractivity contribution in [2.75, 3.05) is 9.96 Å². The number of nitro groups is 1. The Morgan fingerprint density at radius 3 is 2.38 bits per heavy atom. The maximum Gasteiger partial charge on any atom is 0.271 e. The molecule has 0 bridgehead atoms. The van der Waals surface area contributed by atoms with Gasteiger partial charge in [-0.1, -0.05) is 23.8 Å². The highest BCUT2D eigenvalue weighted by atomic mass is 16.7. The molecule has 2 saturated heterocycles. The monoisotopic (exact) mass is 430 g/mol. The predicted octanol–water partition coefficient (Wildman–Crippen LogP) is 3.35. The molecule has 0 aliphatic carbocycles. The van der Waals surface area contributed by atoms with Crippen molar-refractivity contribution in [2.45, 2.75) is 19.1 Å². The summed E-state index contributed by atoms with van der Waals surface area (Å²) in [5.74, 6) is -1.65. The van der Waals surface area contributed by atoms with Crippen LogP contribution < -0.4 is 9.96 Å². The lowest BCUT2D eigenvalue weighted by Crippen LogP contribution is -2.37. The fourth-order valence-corrected chi connectivity index (χ4v) is 4.23. The molecule has 0 N–H and O–H groups in total. The number of aryl methyl sites for hydroxylation is 1. The van der Waals surface area contributed by atoms with Crippen LogP contribution in [0, 0.1) is 23.0 Å². The third-order valence-electron chi connectivity index (χ3n) is 5.75. The Morgan fingerprint density at radius 1 is 0.969 bits per heavy atom. The van der Waals surface area contributed by atoms with Crippen LogP contribution in [0.1, 0.15) is 17.2 Å². The summed E-state index contributed by atoms with van der Waals surface area (Å²) in [4.78, 5) is 48.7. The fourth-order valence-electron chi connectivity index (χ4n) is 4.23. The van der Waals surface area contributed by atoms with E-state index in [-0.39, 0.29) is 11.6 Å². The number of pyridine rings is 1. The molecular weight excluding hydrogens is 412 g/mol. The highest BCUT2D eigenvalue weighted by Crippen LogP contribution is 2.47. The molecule has 160 valence electrons. The van der Waals surface area contributed by atoms with E-state index in [1.165, 1.54) is 23.3 Å². The molecule has 2 aliphatic rings. The summed E-state index contributed by atoms with van der Waals surface area (Å²) < 4.78 is 0. The van der Waals surface area contributed by atoms with Crippen LogP contribution in [0.3, 0.4) is 0 Å². The van der Waals surface area contributed by atoms with Gasteiger partial charge in [-0.05, 0) is 42.8 Å². The van der Waals surface area contributed by atoms with Crippen molar-refractivity contribution in [1.29, 1.82) is 0 Å². The predicted molar refractivity (Wildman–Crippen MR) is 115 cm³/mol. The molecule has 32 heavy (non-hydrogen) atoms. The first-order valence-electron chi connectivity index (χ1n) is 10.0. The Bertz CT molecular complexity index is 1210. The molecule has 0 saturated carbocycles. The molecule has 2 amide bonds. The minimum atomic E-state index is -1.04. The van der Waals surface area contributed by atoms with E-state index in [0.717, 1.165) is 10.5 Å². The molecule has 0 radical (unpaired) electrons. The molecule has 3 atom stereocenters. The largest absolute Gasteiger partial charge is 0.273 e. The Kier molecular flexibility index (Phi) is 4.67. The zero-order valence-electron chi connectivity index (χ0n) is 17.0. The van der Waals surface area contributed by atoms with Crippen molar-refractivity contribution >= 4 is 28.9 Å². The summed E-state index contributed by atoms with van der Waals surface area (Å²) in [6.07, 6.45) is 2.14. The normalized spacial score (nSPS) is 22.3. The number of carbonyl (C=O) groups excluding carboxylic acids is 2. The SMILES string of the molecule is Cc1ccc(N2C(=O)[C@@H]3[C@@H](ON(c4cccc([N+](=O)[O-])c4)[C@H]3c3ccncc3)C2=O)cc1. The van der Waals surface area contributed by atoms with Gasteiger partial charge in [0.2, 0.25) is 5.91 Å². The molecule has 3 heterocycles. The van der Waals surface area contributed by atoms with Gasteiger partial charge >= 0.3 is 0 Å². The Hall–Kier alpha value is -4.11. The van der Waals surface area contributed by atoms with Crippen LogP contribution in [0.2, 0.25) is 0 Å². The third-order valence-corrected chi connectivity index (χ3v) is 5.75. The van der Waals surface area contributed by atoms with Gasteiger partial charge in [0.15, 0.2) is 6.10 Å². The number of nitrogens with zero attached hydrogens (tertiary/aromatic N) is 4. The maximum absolute atomic E-state index is 13.5. The van der Waals surface area contributed by atoms with Gasteiger partial charge < -0.3 is 0 Å². The zero-order valence-corrected chi connectivity index (χ0v) is 17.0. The number of hydroxylamine groups is 1. The van der Waals surface area contributed by atoms with Gasteiger partial charge in [-0.25, -0.2) is 9.96 Å². The standard InChI is InChI=1S/C23H18N4O5/c1-14-5-7-16(8-6-14)25-22(28)19-20(15-9-11-24-12-10-15)26(32-21(19)23(25)29)17-3-2-4-18(13-17)27(30)31/h2-13,19-21H,1H3/t19-,20-,21+/m0/s1. The van der Waals surface area contributed by atoms with Crippen molar-refractivity contribution in [2.24, 2.45) is 5.92 Å². The zero-order chi connectivity index (χ0) is 22.4. The van der Waals surface area contributed by atoms with E-state index in [9.17, 15) is 19.7 Å².